The number of thioether (sulfide) groups is 1. The highest BCUT2D eigenvalue weighted by atomic mass is 32.2. The first-order chi connectivity index (χ1) is 19.3. The summed E-state index contributed by atoms with van der Waals surface area (Å²) in [7, 11) is 0. The van der Waals surface area contributed by atoms with Crippen LogP contribution in [0.2, 0.25) is 0 Å². The maximum atomic E-state index is 12.3. The number of carboxylic acid groups (broad SMARTS) is 2. The molecule has 1 saturated heterocycles. The molecule has 0 saturated carbocycles. The average Bonchev–Trinajstić information content (AvgIpc) is 2.96. The summed E-state index contributed by atoms with van der Waals surface area (Å²) in [4.78, 5) is 38.8. The Morgan fingerprint density at radius 3 is 2.50 bits per heavy atom. The van der Waals surface area contributed by atoms with E-state index in [0.717, 1.165) is 11.1 Å². The van der Waals surface area contributed by atoms with Crippen LogP contribution in [0.1, 0.15) is 65.1 Å². The Morgan fingerprint density at radius 1 is 0.975 bits per heavy atom. The number of aromatic carboxylic acids is 1. The smallest absolute Gasteiger partial charge is 0.338 e. The number of benzene rings is 2. The minimum atomic E-state index is -1.05. The second kappa shape index (κ2) is 14.0. The highest BCUT2D eigenvalue weighted by molar-refractivity contribution is 7.99. The van der Waals surface area contributed by atoms with E-state index in [-0.39, 0.29) is 49.5 Å². The number of aliphatic hydroxyl groups is 1. The number of aliphatic hydroxyl groups excluding tert-OH is 1. The summed E-state index contributed by atoms with van der Waals surface area (Å²) in [6, 6.07) is 17.6. The lowest BCUT2D eigenvalue weighted by Crippen LogP contribution is -2.31. The molecule has 210 valence electrons. The van der Waals surface area contributed by atoms with Crippen LogP contribution in [0.3, 0.4) is 0 Å². The lowest BCUT2D eigenvalue weighted by Gasteiger charge is -2.36. The lowest BCUT2D eigenvalue weighted by atomic mass is 10.0. The summed E-state index contributed by atoms with van der Waals surface area (Å²) < 4.78 is 12.7. The van der Waals surface area contributed by atoms with Crippen molar-refractivity contribution in [2.45, 2.75) is 55.8 Å². The number of nitrogens with zero attached hydrogens (tertiary/aromatic N) is 1. The second-order valence-corrected chi connectivity index (χ2v) is 10.3. The molecule has 0 aliphatic carbocycles. The monoisotopic (exact) mass is 566 g/mol. The van der Waals surface area contributed by atoms with Gasteiger partial charge in [0.2, 0.25) is 5.91 Å². The van der Waals surface area contributed by atoms with Gasteiger partial charge in [0.05, 0.1) is 24.4 Å². The van der Waals surface area contributed by atoms with Crippen molar-refractivity contribution in [3.05, 3.63) is 89.1 Å². The van der Waals surface area contributed by atoms with Crippen molar-refractivity contribution in [1.82, 2.24) is 4.98 Å². The number of carboxylic acids is 2. The fourth-order valence-corrected chi connectivity index (χ4v) is 5.25. The van der Waals surface area contributed by atoms with Crippen molar-refractivity contribution in [3.8, 4) is 0 Å². The van der Waals surface area contributed by atoms with Gasteiger partial charge in [-0.3, -0.25) is 9.59 Å². The summed E-state index contributed by atoms with van der Waals surface area (Å²) in [6.45, 7) is -0.0678. The van der Waals surface area contributed by atoms with E-state index >= 15 is 0 Å². The molecule has 11 heteroatoms. The first-order valence-corrected chi connectivity index (χ1v) is 13.7. The van der Waals surface area contributed by atoms with Gasteiger partial charge in [0.25, 0.3) is 0 Å². The molecule has 1 amide bonds. The Balaban J connectivity index is 1.51. The molecular formula is C29H30N2O8S. The molecule has 2 heterocycles. The third-order valence-corrected chi connectivity index (χ3v) is 7.40. The average molecular weight is 567 g/mol. The van der Waals surface area contributed by atoms with Crippen LogP contribution in [0.4, 0.5) is 5.69 Å². The molecule has 4 N–H and O–H groups in total. The fourth-order valence-electron chi connectivity index (χ4n) is 4.25. The van der Waals surface area contributed by atoms with Crippen LogP contribution in [-0.4, -0.2) is 50.0 Å². The van der Waals surface area contributed by atoms with E-state index in [9.17, 15) is 24.6 Å². The van der Waals surface area contributed by atoms with Gasteiger partial charge in [-0.05, 0) is 41.8 Å². The molecule has 1 aromatic heterocycles. The molecule has 1 aliphatic rings. The van der Waals surface area contributed by atoms with Gasteiger partial charge in [-0.1, -0.05) is 36.4 Å². The van der Waals surface area contributed by atoms with Crippen LogP contribution in [0.5, 0.6) is 0 Å². The molecule has 2 aromatic carbocycles. The quantitative estimate of drug-likeness (QED) is 0.225. The number of anilines is 1. The SMILES string of the molecule is O=C(O)CCCC(=O)Nc1cccc(C2OC(CSc3ncccc3C(=O)O)CC(c3ccc(CO)cc3)O2)c1. The molecular weight excluding hydrogens is 536 g/mol. The Labute approximate surface area is 235 Å². The first-order valence-electron chi connectivity index (χ1n) is 12.8. The summed E-state index contributed by atoms with van der Waals surface area (Å²) >= 11 is 1.30. The third-order valence-electron chi connectivity index (χ3n) is 6.26. The standard InChI is InChI=1S/C29H30N2O8S/c32-16-18-9-11-19(12-10-18)24-15-22(17-40-27-23(28(36)37)6-3-13-30-27)38-29(39-24)20-4-1-5-21(14-20)31-25(33)7-2-8-26(34)35/h1,3-6,9-14,22,24,29,32H,2,7-8,15-17H2,(H,31,33)(H,34,35)(H,36,37). The highest BCUT2D eigenvalue weighted by Gasteiger charge is 2.32. The van der Waals surface area contributed by atoms with E-state index in [1.807, 2.05) is 30.3 Å². The van der Waals surface area contributed by atoms with Gasteiger partial charge in [-0.25, -0.2) is 9.78 Å². The van der Waals surface area contributed by atoms with E-state index in [2.05, 4.69) is 10.3 Å². The minimum Gasteiger partial charge on any atom is -0.481 e. The number of ether oxygens (including phenoxy) is 2. The van der Waals surface area contributed by atoms with Crippen molar-refractivity contribution < 1.29 is 39.2 Å². The van der Waals surface area contributed by atoms with Gasteiger partial charge in [-0.2, -0.15) is 0 Å². The highest BCUT2D eigenvalue weighted by Crippen LogP contribution is 2.40. The van der Waals surface area contributed by atoms with E-state index < -0.39 is 18.2 Å². The number of carbonyl (C=O) groups is 3. The third kappa shape index (κ3) is 8.12. The van der Waals surface area contributed by atoms with Gasteiger partial charge < -0.3 is 30.1 Å². The van der Waals surface area contributed by atoms with Crippen molar-refractivity contribution in [2.24, 2.45) is 0 Å². The second-order valence-electron chi connectivity index (χ2n) is 9.24. The van der Waals surface area contributed by atoms with Crippen LogP contribution < -0.4 is 5.32 Å². The molecule has 0 spiro atoms. The molecule has 40 heavy (non-hydrogen) atoms. The summed E-state index contributed by atoms with van der Waals surface area (Å²) in [6.07, 6.45) is 0.887. The van der Waals surface area contributed by atoms with Gasteiger partial charge in [0, 0.05) is 42.5 Å². The summed E-state index contributed by atoms with van der Waals surface area (Å²) in [5.74, 6) is -1.85. The number of hydrogen-bond donors (Lipinski definition) is 4. The lowest BCUT2D eigenvalue weighted by molar-refractivity contribution is -0.245. The van der Waals surface area contributed by atoms with E-state index in [1.54, 1.807) is 30.5 Å². The zero-order valence-corrected chi connectivity index (χ0v) is 22.4. The van der Waals surface area contributed by atoms with Crippen LogP contribution in [-0.2, 0) is 25.7 Å². The van der Waals surface area contributed by atoms with Gasteiger partial charge >= 0.3 is 11.9 Å². The van der Waals surface area contributed by atoms with Crippen molar-refractivity contribution in [3.63, 3.8) is 0 Å². The predicted molar refractivity (Wildman–Crippen MR) is 147 cm³/mol. The summed E-state index contributed by atoms with van der Waals surface area (Å²) in [5, 5.41) is 30.9. The largest absolute Gasteiger partial charge is 0.481 e. The number of amides is 1. The van der Waals surface area contributed by atoms with Gasteiger partial charge in [-0.15, -0.1) is 11.8 Å². The number of aromatic nitrogens is 1. The number of aliphatic carboxylic acids is 1. The van der Waals surface area contributed by atoms with Gasteiger partial charge in [0.15, 0.2) is 6.29 Å². The van der Waals surface area contributed by atoms with Crippen LogP contribution in [0.25, 0.3) is 0 Å². The molecule has 4 rings (SSSR count). The number of nitrogens with one attached hydrogen (secondary N) is 1. The molecule has 3 unspecified atom stereocenters. The van der Waals surface area contributed by atoms with Crippen molar-refractivity contribution in [2.75, 3.05) is 11.1 Å². The summed E-state index contributed by atoms with van der Waals surface area (Å²) in [5.41, 5.74) is 3.03. The minimum absolute atomic E-state index is 0.0678. The normalized spacial score (nSPS) is 18.7. The maximum Gasteiger partial charge on any atom is 0.338 e. The molecule has 3 atom stereocenters. The van der Waals surface area contributed by atoms with Crippen molar-refractivity contribution >= 4 is 35.3 Å². The maximum absolute atomic E-state index is 12.3. The molecule has 1 aliphatic heterocycles. The van der Waals surface area contributed by atoms with Crippen LogP contribution >= 0.6 is 11.8 Å². The molecule has 0 radical (unpaired) electrons. The first kappa shape index (κ1) is 29.2. The van der Waals surface area contributed by atoms with Crippen LogP contribution in [0, 0.1) is 0 Å². The number of rotatable bonds is 12. The predicted octanol–water partition coefficient (Wildman–Crippen LogP) is 4.80. The molecule has 3 aromatic rings. The molecule has 0 bridgehead atoms. The number of carbonyl (C=O) groups excluding carboxylic acids is 1. The Hall–Kier alpha value is -3.77. The van der Waals surface area contributed by atoms with E-state index in [0.29, 0.717) is 28.5 Å². The Bertz CT molecular complexity index is 1330. The molecule has 10 nitrogen and oxygen atoms in total. The van der Waals surface area contributed by atoms with Gasteiger partial charge in [0.1, 0.15) is 5.03 Å². The van der Waals surface area contributed by atoms with Crippen LogP contribution in [0.15, 0.2) is 71.9 Å². The topological polar surface area (TPSA) is 155 Å². The Morgan fingerprint density at radius 2 is 1.77 bits per heavy atom. The fraction of sp³-hybridized carbons (Fsp3) is 0.310. The number of hydrogen-bond acceptors (Lipinski definition) is 8. The zero-order chi connectivity index (χ0) is 28.5. The number of pyridine rings is 1. The Kier molecular flexibility index (Phi) is 10.3. The zero-order valence-electron chi connectivity index (χ0n) is 21.6. The molecule has 1 fully saturated rings. The van der Waals surface area contributed by atoms with Crippen molar-refractivity contribution in [1.29, 1.82) is 0 Å². The van der Waals surface area contributed by atoms with E-state index in [4.69, 9.17) is 14.6 Å². The van der Waals surface area contributed by atoms with E-state index in [1.165, 1.54) is 17.8 Å².